The lowest BCUT2D eigenvalue weighted by Gasteiger charge is -2.00. The molecule has 1 aromatic carbocycles. The number of nitrogens with zero attached hydrogens (tertiary/aromatic N) is 1. The Morgan fingerprint density at radius 2 is 1.88 bits per heavy atom. The van der Waals surface area contributed by atoms with E-state index in [1.807, 2.05) is 0 Å². The zero-order chi connectivity index (χ0) is 11.8. The van der Waals surface area contributed by atoms with Gasteiger partial charge in [-0.1, -0.05) is 0 Å². The van der Waals surface area contributed by atoms with Crippen LogP contribution in [0.1, 0.15) is 0 Å². The third kappa shape index (κ3) is 1.57. The highest BCUT2D eigenvalue weighted by molar-refractivity contribution is 5.76. The quantitative estimate of drug-likeness (QED) is 0.590. The van der Waals surface area contributed by atoms with Gasteiger partial charge >= 0.3 is 0 Å². The monoisotopic (exact) mass is 227 g/mol. The number of benzene rings is 1. The van der Waals surface area contributed by atoms with Gasteiger partial charge < -0.3 is 15.1 Å². The second-order valence-electron chi connectivity index (χ2n) is 3.70. The van der Waals surface area contributed by atoms with Crippen LogP contribution in [-0.4, -0.2) is 20.1 Å². The van der Waals surface area contributed by atoms with Crippen molar-refractivity contribution in [3.63, 3.8) is 0 Å². The molecule has 0 fully saturated rings. The van der Waals surface area contributed by atoms with E-state index >= 15 is 0 Å². The van der Waals surface area contributed by atoms with E-state index in [-0.39, 0.29) is 11.3 Å². The van der Waals surface area contributed by atoms with Gasteiger partial charge in [-0.2, -0.15) is 0 Å². The Morgan fingerprint density at radius 1 is 1.12 bits per heavy atom. The fourth-order valence-electron chi connectivity index (χ4n) is 1.71. The van der Waals surface area contributed by atoms with Crippen LogP contribution in [0.25, 0.3) is 22.4 Å². The van der Waals surface area contributed by atoms with E-state index in [1.54, 1.807) is 36.5 Å². The number of phenols is 1. The molecule has 0 aliphatic rings. The third-order valence-electron chi connectivity index (χ3n) is 2.57. The van der Waals surface area contributed by atoms with Gasteiger partial charge in [0.2, 0.25) is 0 Å². The Morgan fingerprint density at radius 3 is 2.65 bits per heavy atom. The molecule has 3 rings (SSSR count). The predicted octanol–water partition coefficient (Wildman–Crippen LogP) is 1.62. The Bertz CT molecular complexity index is 725. The van der Waals surface area contributed by atoms with Gasteiger partial charge in [-0.3, -0.25) is 4.79 Å². The van der Waals surface area contributed by atoms with Crippen molar-refractivity contribution in [3.8, 4) is 17.1 Å². The van der Waals surface area contributed by atoms with Gasteiger partial charge in [0, 0.05) is 11.8 Å². The molecule has 0 unspecified atom stereocenters. The Balaban J connectivity index is 2.23. The van der Waals surface area contributed by atoms with Crippen LogP contribution in [0.5, 0.6) is 5.75 Å². The Hall–Kier alpha value is -2.56. The van der Waals surface area contributed by atoms with Gasteiger partial charge in [-0.05, 0) is 30.3 Å². The van der Waals surface area contributed by atoms with Gasteiger partial charge in [0.15, 0.2) is 0 Å². The number of H-pyrrole nitrogens is 2. The highest BCUT2D eigenvalue weighted by atomic mass is 16.3. The first-order valence-corrected chi connectivity index (χ1v) is 5.11. The second-order valence-corrected chi connectivity index (χ2v) is 3.70. The van der Waals surface area contributed by atoms with Crippen molar-refractivity contribution in [2.24, 2.45) is 0 Å². The highest BCUT2D eigenvalue weighted by Crippen LogP contribution is 2.18. The lowest BCUT2D eigenvalue weighted by molar-refractivity contribution is 0.475. The average molecular weight is 227 g/mol. The van der Waals surface area contributed by atoms with Crippen LogP contribution in [-0.2, 0) is 0 Å². The van der Waals surface area contributed by atoms with E-state index in [0.717, 1.165) is 5.56 Å². The molecule has 0 saturated heterocycles. The van der Waals surface area contributed by atoms with E-state index in [9.17, 15) is 9.90 Å². The molecule has 0 saturated carbocycles. The minimum absolute atomic E-state index is 0.178. The number of phenolic OH excluding ortho intramolecular Hbond substituents is 1. The number of hydrogen-bond donors (Lipinski definition) is 3. The van der Waals surface area contributed by atoms with Gasteiger partial charge in [-0.15, -0.1) is 0 Å². The molecule has 0 bridgehead atoms. The highest BCUT2D eigenvalue weighted by Gasteiger charge is 2.06. The van der Waals surface area contributed by atoms with Crippen molar-refractivity contribution >= 4 is 11.0 Å². The molecule has 5 heteroatoms. The first-order valence-electron chi connectivity index (χ1n) is 5.11. The number of fused-ring (bicyclic) bond motifs is 1. The molecular formula is C12H9N3O2. The minimum Gasteiger partial charge on any atom is -0.508 e. The molecule has 0 aliphatic carbocycles. The van der Waals surface area contributed by atoms with E-state index in [4.69, 9.17) is 0 Å². The number of aromatic nitrogens is 3. The van der Waals surface area contributed by atoms with Crippen LogP contribution in [0.15, 0.2) is 41.3 Å². The van der Waals surface area contributed by atoms with Crippen LogP contribution in [0, 0.1) is 0 Å². The van der Waals surface area contributed by atoms with Crippen molar-refractivity contribution in [1.29, 1.82) is 0 Å². The number of aromatic hydroxyl groups is 1. The fourth-order valence-corrected chi connectivity index (χ4v) is 1.71. The van der Waals surface area contributed by atoms with Gasteiger partial charge in [0.25, 0.3) is 5.56 Å². The number of rotatable bonds is 1. The lowest BCUT2D eigenvalue weighted by atomic mass is 10.2. The largest absolute Gasteiger partial charge is 0.508 e. The zero-order valence-electron chi connectivity index (χ0n) is 8.77. The fraction of sp³-hybridized carbons (Fsp3) is 0. The first kappa shape index (κ1) is 9.65. The zero-order valence-corrected chi connectivity index (χ0v) is 8.77. The molecule has 3 aromatic rings. The van der Waals surface area contributed by atoms with Crippen LogP contribution in [0.3, 0.4) is 0 Å². The van der Waals surface area contributed by atoms with Crippen molar-refractivity contribution in [2.45, 2.75) is 0 Å². The lowest BCUT2D eigenvalue weighted by Crippen LogP contribution is -2.08. The number of aromatic amines is 2. The first-order chi connectivity index (χ1) is 8.24. The Labute approximate surface area is 95.8 Å². The maximum atomic E-state index is 11.7. The molecule has 2 aromatic heterocycles. The Kier molecular flexibility index (Phi) is 1.98. The maximum Gasteiger partial charge on any atom is 0.260 e. The molecule has 3 N–H and O–H groups in total. The molecular weight excluding hydrogens is 218 g/mol. The normalized spacial score (nSPS) is 10.8. The molecule has 0 aliphatic heterocycles. The summed E-state index contributed by atoms with van der Waals surface area (Å²) >= 11 is 0. The summed E-state index contributed by atoms with van der Waals surface area (Å²) < 4.78 is 0. The topological polar surface area (TPSA) is 81.8 Å². The smallest absolute Gasteiger partial charge is 0.260 e. The summed E-state index contributed by atoms with van der Waals surface area (Å²) in [6.45, 7) is 0. The summed E-state index contributed by atoms with van der Waals surface area (Å²) in [4.78, 5) is 21.6. The second kappa shape index (κ2) is 3.48. The molecule has 17 heavy (non-hydrogen) atoms. The number of nitrogens with one attached hydrogen (secondary N) is 2. The molecule has 0 spiro atoms. The SMILES string of the molecule is O=c1[nH]c(-c2ccc(O)cc2)nc2[nH]ccc12. The molecule has 0 amide bonds. The summed E-state index contributed by atoms with van der Waals surface area (Å²) in [5, 5.41) is 9.73. The summed E-state index contributed by atoms with van der Waals surface area (Å²) in [6.07, 6.45) is 1.67. The average Bonchev–Trinajstić information content (AvgIpc) is 2.78. The molecule has 84 valence electrons. The van der Waals surface area contributed by atoms with Crippen LogP contribution in [0.4, 0.5) is 0 Å². The van der Waals surface area contributed by atoms with E-state index in [0.29, 0.717) is 16.9 Å². The predicted molar refractivity (Wildman–Crippen MR) is 63.8 cm³/mol. The van der Waals surface area contributed by atoms with Crippen LogP contribution in [0.2, 0.25) is 0 Å². The van der Waals surface area contributed by atoms with Gasteiger partial charge in [0.1, 0.15) is 17.2 Å². The van der Waals surface area contributed by atoms with Crippen molar-refractivity contribution in [2.75, 3.05) is 0 Å². The van der Waals surface area contributed by atoms with Gasteiger partial charge in [0.05, 0.1) is 5.39 Å². The summed E-state index contributed by atoms with van der Waals surface area (Å²) in [6, 6.07) is 8.18. The summed E-state index contributed by atoms with van der Waals surface area (Å²) in [5.41, 5.74) is 1.12. The standard InChI is InChI=1S/C12H9N3O2/c16-8-3-1-7(2-4-8)10-14-11-9(5-6-13-11)12(17)15-10/h1-6,16H,(H2,13,14,15,17). The van der Waals surface area contributed by atoms with Crippen LogP contribution >= 0.6 is 0 Å². The third-order valence-corrected chi connectivity index (χ3v) is 2.57. The van der Waals surface area contributed by atoms with Crippen LogP contribution < -0.4 is 5.56 Å². The maximum absolute atomic E-state index is 11.7. The van der Waals surface area contributed by atoms with Crippen molar-refractivity contribution in [1.82, 2.24) is 15.0 Å². The number of hydrogen-bond acceptors (Lipinski definition) is 3. The summed E-state index contributed by atoms with van der Waals surface area (Å²) in [5.74, 6) is 0.655. The molecule has 0 atom stereocenters. The molecule has 2 heterocycles. The minimum atomic E-state index is -0.181. The van der Waals surface area contributed by atoms with Gasteiger partial charge in [-0.25, -0.2) is 4.98 Å². The molecule has 0 radical (unpaired) electrons. The molecule has 5 nitrogen and oxygen atoms in total. The van der Waals surface area contributed by atoms with Crippen molar-refractivity contribution < 1.29 is 5.11 Å². The van der Waals surface area contributed by atoms with E-state index < -0.39 is 0 Å². The van der Waals surface area contributed by atoms with Crippen molar-refractivity contribution in [3.05, 3.63) is 46.9 Å². The van der Waals surface area contributed by atoms with E-state index in [1.165, 1.54) is 0 Å². The summed E-state index contributed by atoms with van der Waals surface area (Å²) in [7, 11) is 0. The van der Waals surface area contributed by atoms with E-state index in [2.05, 4.69) is 15.0 Å².